The molecule has 25 heavy (non-hydrogen) atoms. The average Bonchev–Trinajstić information content (AvgIpc) is 2.62. The maximum Gasteiger partial charge on any atom is 0.230 e. The third-order valence-corrected chi connectivity index (χ3v) is 4.60. The second-order valence-corrected chi connectivity index (χ2v) is 7.00. The summed E-state index contributed by atoms with van der Waals surface area (Å²) in [5, 5.41) is 3.07. The Morgan fingerprint density at radius 3 is 2.48 bits per heavy atom. The van der Waals surface area contributed by atoms with Crippen LogP contribution in [0, 0.1) is 0 Å². The summed E-state index contributed by atoms with van der Waals surface area (Å²) in [6.07, 6.45) is 4.57. The number of carbonyl (C=O) groups excluding carboxylic acids is 1. The number of nitrogens with zero attached hydrogens (tertiary/aromatic N) is 1. The number of ether oxygens (including phenoxy) is 1. The number of nitrogens with one attached hydrogen (secondary N) is 1. The maximum absolute atomic E-state index is 12.6. The number of aromatic nitrogens is 1. The van der Waals surface area contributed by atoms with Gasteiger partial charge in [-0.1, -0.05) is 31.2 Å². The fourth-order valence-electron chi connectivity index (χ4n) is 2.61. The molecule has 2 rings (SSSR count). The standard InChI is InChI=1S/C21H28N2O2/c1-6-15(2)23-20(24)21(3,4)19-9-7-17(8-10-19)18-11-16(14-25-5)12-22-13-18/h7-13,15H,6,14H2,1-5H3,(H,23,24)/t15-/m1/s1. The first-order chi connectivity index (χ1) is 11.9. The summed E-state index contributed by atoms with van der Waals surface area (Å²) in [5.41, 5.74) is 3.59. The van der Waals surface area contributed by atoms with Gasteiger partial charge in [-0.25, -0.2) is 0 Å². The van der Waals surface area contributed by atoms with Gasteiger partial charge in [0, 0.05) is 31.1 Å². The molecule has 1 aromatic carbocycles. The Balaban J connectivity index is 2.21. The second kappa shape index (κ2) is 8.26. The molecule has 4 nitrogen and oxygen atoms in total. The first-order valence-electron chi connectivity index (χ1n) is 8.73. The van der Waals surface area contributed by atoms with E-state index in [1.54, 1.807) is 7.11 Å². The van der Waals surface area contributed by atoms with E-state index in [1.807, 2.05) is 57.4 Å². The van der Waals surface area contributed by atoms with Gasteiger partial charge in [0.05, 0.1) is 12.0 Å². The molecule has 1 aromatic heterocycles. The second-order valence-electron chi connectivity index (χ2n) is 7.00. The van der Waals surface area contributed by atoms with Gasteiger partial charge in [-0.3, -0.25) is 9.78 Å². The van der Waals surface area contributed by atoms with Gasteiger partial charge >= 0.3 is 0 Å². The largest absolute Gasteiger partial charge is 0.380 e. The summed E-state index contributed by atoms with van der Waals surface area (Å²) in [5.74, 6) is 0.0540. The van der Waals surface area contributed by atoms with Crippen molar-refractivity contribution in [1.82, 2.24) is 10.3 Å². The van der Waals surface area contributed by atoms with Crippen LogP contribution in [0.1, 0.15) is 45.2 Å². The van der Waals surface area contributed by atoms with Crippen LogP contribution in [0.2, 0.25) is 0 Å². The van der Waals surface area contributed by atoms with Crippen LogP contribution in [-0.4, -0.2) is 24.0 Å². The average molecular weight is 340 g/mol. The predicted octanol–water partition coefficient (Wildman–Crippen LogP) is 4.09. The van der Waals surface area contributed by atoms with Gasteiger partial charge in [0.25, 0.3) is 0 Å². The van der Waals surface area contributed by atoms with Gasteiger partial charge in [0.15, 0.2) is 0 Å². The summed E-state index contributed by atoms with van der Waals surface area (Å²) in [4.78, 5) is 16.8. The number of pyridine rings is 1. The van der Waals surface area contributed by atoms with E-state index >= 15 is 0 Å². The summed E-state index contributed by atoms with van der Waals surface area (Å²) >= 11 is 0. The smallest absolute Gasteiger partial charge is 0.230 e. The number of amides is 1. The fourth-order valence-corrected chi connectivity index (χ4v) is 2.61. The molecule has 0 spiro atoms. The normalized spacial score (nSPS) is 12.7. The van der Waals surface area contributed by atoms with Crippen LogP contribution in [0.5, 0.6) is 0 Å². The highest BCUT2D eigenvalue weighted by Crippen LogP contribution is 2.27. The van der Waals surface area contributed by atoms with Crippen LogP contribution in [0.3, 0.4) is 0 Å². The fraction of sp³-hybridized carbons (Fsp3) is 0.429. The SMILES string of the molecule is CC[C@@H](C)NC(=O)C(C)(C)c1ccc(-c2cncc(COC)c2)cc1. The highest BCUT2D eigenvalue weighted by atomic mass is 16.5. The molecule has 2 aromatic rings. The van der Waals surface area contributed by atoms with Crippen molar-refractivity contribution < 1.29 is 9.53 Å². The van der Waals surface area contributed by atoms with Crippen molar-refractivity contribution in [2.75, 3.05) is 7.11 Å². The molecular formula is C21H28N2O2. The number of rotatable bonds is 7. The van der Waals surface area contributed by atoms with Crippen LogP contribution in [0.25, 0.3) is 11.1 Å². The van der Waals surface area contributed by atoms with Crippen molar-refractivity contribution in [3.05, 3.63) is 53.9 Å². The zero-order valence-corrected chi connectivity index (χ0v) is 15.8. The van der Waals surface area contributed by atoms with Crippen LogP contribution < -0.4 is 5.32 Å². The van der Waals surface area contributed by atoms with Gasteiger partial charge in [-0.15, -0.1) is 0 Å². The topological polar surface area (TPSA) is 51.2 Å². The molecule has 0 aliphatic carbocycles. The number of carbonyl (C=O) groups is 1. The number of hydrogen-bond donors (Lipinski definition) is 1. The Bertz CT molecular complexity index is 708. The summed E-state index contributed by atoms with van der Waals surface area (Å²) in [6.45, 7) is 8.55. The van der Waals surface area contributed by atoms with E-state index in [0.29, 0.717) is 6.61 Å². The third kappa shape index (κ3) is 4.67. The molecule has 0 unspecified atom stereocenters. The van der Waals surface area contributed by atoms with Crippen molar-refractivity contribution in [1.29, 1.82) is 0 Å². The molecule has 4 heteroatoms. The molecule has 0 radical (unpaired) electrons. The lowest BCUT2D eigenvalue weighted by molar-refractivity contribution is -0.126. The molecule has 0 saturated heterocycles. The summed E-state index contributed by atoms with van der Waals surface area (Å²) < 4.78 is 5.17. The van der Waals surface area contributed by atoms with Crippen molar-refractivity contribution in [2.24, 2.45) is 0 Å². The molecule has 1 N–H and O–H groups in total. The van der Waals surface area contributed by atoms with Crippen molar-refractivity contribution >= 4 is 5.91 Å². The minimum Gasteiger partial charge on any atom is -0.380 e. The Hall–Kier alpha value is -2.20. The van der Waals surface area contributed by atoms with Crippen molar-refractivity contribution in [3.8, 4) is 11.1 Å². The Labute approximate surface area is 150 Å². The summed E-state index contributed by atoms with van der Waals surface area (Å²) in [6, 6.07) is 10.4. The highest BCUT2D eigenvalue weighted by molar-refractivity contribution is 5.87. The molecule has 0 aliphatic heterocycles. The van der Waals surface area contributed by atoms with E-state index in [2.05, 4.69) is 23.3 Å². The molecule has 1 amide bonds. The molecule has 0 saturated carbocycles. The monoisotopic (exact) mass is 340 g/mol. The molecule has 1 heterocycles. The zero-order chi connectivity index (χ0) is 18.4. The number of hydrogen-bond acceptors (Lipinski definition) is 3. The molecule has 1 atom stereocenters. The first kappa shape index (κ1) is 19.1. The number of methoxy groups -OCH3 is 1. The van der Waals surface area contributed by atoms with Crippen LogP contribution >= 0.6 is 0 Å². The molecule has 0 aliphatic rings. The Morgan fingerprint density at radius 2 is 1.88 bits per heavy atom. The van der Waals surface area contributed by atoms with E-state index in [1.165, 1.54) is 0 Å². The lowest BCUT2D eigenvalue weighted by atomic mass is 9.82. The van der Waals surface area contributed by atoms with Gasteiger partial charge in [0.1, 0.15) is 0 Å². The summed E-state index contributed by atoms with van der Waals surface area (Å²) in [7, 11) is 1.67. The third-order valence-electron chi connectivity index (χ3n) is 4.60. The van der Waals surface area contributed by atoms with E-state index in [4.69, 9.17) is 4.74 Å². The van der Waals surface area contributed by atoms with Crippen LogP contribution in [-0.2, 0) is 21.6 Å². The van der Waals surface area contributed by atoms with Crippen LogP contribution in [0.4, 0.5) is 0 Å². The van der Waals surface area contributed by atoms with Gasteiger partial charge in [-0.2, -0.15) is 0 Å². The minimum absolute atomic E-state index is 0.0540. The molecule has 134 valence electrons. The van der Waals surface area contributed by atoms with Gasteiger partial charge in [-0.05, 0) is 49.9 Å². The molecule has 0 fully saturated rings. The van der Waals surface area contributed by atoms with Gasteiger partial charge < -0.3 is 10.1 Å². The van der Waals surface area contributed by atoms with Crippen molar-refractivity contribution in [2.45, 2.75) is 52.2 Å². The first-order valence-corrected chi connectivity index (χ1v) is 8.73. The van der Waals surface area contributed by atoms with Crippen LogP contribution in [0.15, 0.2) is 42.7 Å². The van der Waals surface area contributed by atoms with Crippen molar-refractivity contribution in [3.63, 3.8) is 0 Å². The zero-order valence-electron chi connectivity index (χ0n) is 15.8. The minimum atomic E-state index is -0.571. The van der Waals surface area contributed by atoms with Gasteiger partial charge in [0.2, 0.25) is 5.91 Å². The maximum atomic E-state index is 12.6. The number of benzene rings is 1. The molecule has 0 bridgehead atoms. The lowest BCUT2D eigenvalue weighted by Gasteiger charge is -2.26. The van der Waals surface area contributed by atoms with E-state index in [-0.39, 0.29) is 11.9 Å². The Kier molecular flexibility index (Phi) is 6.32. The predicted molar refractivity (Wildman–Crippen MR) is 101 cm³/mol. The van der Waals surface area contributed by atoms with E-state index < -0.39 is 5.41 Å². The highest BCUT2D eigenvalue weighted by Gasteiger charge is 2.30. The lowest BCUT2D eigenvalue weighted by Crippen LogP contribution is -2.43. The quantitative estimate of drug-likeness (QED) is 0.826. The van der Waals surface area contributed by atoms with E-state index in [9.17, 15) is 4.79 Å². The molecular weight excluding hydrogens is 312 g/mol. The van der Waals surface area contributed by atoms with E-state index in [0.717, 1.165) is 28.7 Å². The Morgan fingerprint density at radius 1 is 1.20 bits per heavy atom.